The first-order chi connectivity index (χ1) is 5.27. The molecule has 0 saturated heterocycles. The molecule has 0 unspecified atom stereocenters. The second kappa shape index (κ2) is 3.48. The van der Waals surface area contributed by atoms with Crippen LogP contribution in [0.4, 0.5) is 4.39 Å². The minimum atomic E-state index is -0.518. The minimum absolute atomic E-state index is 0.133. The molecular weight excluding hydrogens is 171 g/mol. The highest BCUT2D eigenvalue weighted by atomic mass is 35.5. The second-order valence-electron chi connectivity index (χ2n) is 1.93. The largest absolute Gasteiger partial charge is 0.296 e. The van der Waals surface area contributed by atoms with Gasteiger partial charge in [-0.2, -0.15) is 5.10 Å². The van der Waals surface area contributed by atoms with Gasteiger partial charge >= 0.3 is 0 Å². The maximum Gasteiger partial charge on any atom is 0.171 e. The van der Waals surface area contributed by atoms with E-state index in [2.05, 4.69) is 5.10 Å². The molecule has 1 aromatic heterocycles. The summed E-state index contributed by atoms with van der Waals surface area (Å²) in [5.74, 6) is 0. The standard InChI is InChI=1S/C6H6ClFN2O/c7-5-3-10(2-1-8)9-6(5)4-11/h3-4H,1-2H2. The summed E-state index contributed by atoms with van der Waals surface area (Å²) in [7, 11) is 0. The van der Waals surface area contributed by atoms with E-state index in [1.807, 2.05) is 0 Å². The van der Waals surface area contributed by atoms with Gasteiger partial charge in [0, 0.05) is 6.20 Å². The molecule has 0 spiro atoms. The van der Waals surface area contributed by atoms with E-state index in [9.17, 15) is 9.18 Å². The van der Waals surface area contributed by atoms with Crippen molar-refractivity contribution in [2.75, 3.05) is 6.67 Å². The Balaban J connectivity index is 2.86. The quantitative estimate of drug-likeness (QED) is 0.651. The normalized spacial score (nSPS) is 10.0. The molecule has 5 heteroatoms. The highest BCUT2D eigenvalue weighted by molar-refractivity contribution is 6.32. The number of hydrogen-bond acceptors (Lipinski definition) is 2. The van der Waals surface area contributed by atoms with E-state index in [1.54, 1.807) is 0 Å². The lowest BCUT2D eigenvalue weighted by molar-refractivity contribution is 0.111. The van der Waals surface area contributed by atoms with Crippen molar-refractivity contribution in [2.45, 2.75) is 6.54 Å². The Morgan fingerprint density at radius 3 is 3.00 bits per heavy atom. The molecule has 0 N–H and O–H groups in total. The number of aldehydes is 1. The smallest absolute Gasteiger partial charge is 0.171 e. The summed E-state index contributed by atoms with van der Waals surface area (Å²) >= 11 is 5.54. The number of aryl methyl sites for hydroxylation is 1. The number of hydrogen-bond donors (Lipinski definition) is 0. The molecule has 11 heavy (non-hydrogen) atoms. The zero-order valence-electron chi connectivity index (χ0n) is 5.63. The van der Waals surface area contributed by atoms with Gasteiger partial charge in [-0.15, -0.1) is 0 Å². The summed E-state index contributed by atoms with van der Waals surface area (Å²) < 4.78 is 13.0. The van der Waals surface area contributed by atoms with Gasteiger partial charge in [-0.25, -0.2) is 4.39 Å². The van der Waals surface area contributed by atoms with E-state index < -0.39 is 6.67 Å². The van der Waals surface area contributed by atoms with Crippen LogP contribution in [-0.4, -0.2) is 22.7 Å². The Labute approximate surface area is 67.8 Å². The molecule has 0 atom stereocenters. The molecule has 0 aliphatic carbocycles. The van der Waals surface area contributed by atoms with Gasteiger partial charge in [0.25, 0.3) is 0 Å². The Morgan fingerprint density at radius 1 is 1.82 bits per heavy atom. The van der Waals surface area contributed by atoms with Crippen molar-refractivity contribution in [3.05, 3.63) is 16.9 Å². The van der Waals surface area contributed by atoms with Crippen molar-refractivity contribution < 1.29 is 9.18 Å². The van der Waals surface area contributed by atoms with Gasteiger partial charge in [0.2, 0.25) is 0 Å². The number of aromatic nitrogens is 2. The third kappa shape index (κ3) is 1.77. The summed E-state index contributed by atoms with van der Waals surface area (Å²) in [5.41, 5.74) is 0.153. The van der Waals surface area contributed by atoms with Crippen molar-refractivity contribution in [1.29, 1.82) is 0 Å². The molecule has 60 valence electrons. The zero-order chi connectivity index (χ0) is 8.27. The lowest BCUT2D eigenvalue weighted by Gasteiger charge is -1.91. The summed E-state index contributed by atoms with van der Waals surface area (Å²) in [4.78, 5) is 10.2. The topological polar surface area (TPSA) is 34.9 Å². The highest BCUT2D eigenvalue weighted by Crippen LogP contribution is 2.10. The van der Waals surface area contributed by atoms with Crippen molar-refractivity contribution in [2.24, 2.45) is 0 Å². The maximum atomic E-state index is 11.7. The first kappa shape index (κ1) is 8.20. The number of alkyl halides is 1. The molecule has 0 bridgehead atoms. The fourth-order valence-corrected chi connectivity index (χ4v) is 0.888. The molecular formula is C6H6ClFN2O. The summed E-state index contributed by atoms with van der Waals surface area (Å²) in [6.45, 7) is -0.385. The van der Waals surface area contributed by atoms with Gasteiger partial charge in [-0.05, 0) is 0 Å². The van der Waals surface area contributed by atoms with Gasteiger partial charge in [-0.1, -0.05) is 11.6 Å². The van der Waals surface area contributed by atoms with E-state index in [4.69, 9.17) is 11.6 Å². The zero-order valence-corrected chi connectivity index (χ0v) is 6.38. The minimum Gasteiger partial charge on any atom is -0.296 e. The lowest BCUT2D eigenvalue weighted by atomic mass is 10.5. The third-order valence-corrected chi connectivity index (χ3v) is 1.46. The van der Waals surface area contributed by atoms with Crippen molar-refractivity contribution >= 4 is 17.9 Å². The summed E-state index contributed by atoms with van der Waals surface area (Å²) in [6, 6.07) is 0. The van der Waals surface area contributed by atoms with Crippen LogP contribution in [0.5, 0.6) is 0 Å². The molecule has 0 amide bonds. The fourth-order valence-electron chi connectivity index (χ4n) is 0.693. The van der Waals surface area contributed by atoms with E-state index >= 15 is 0 Å². The Bertz CT molecular complexity index is 261. The van der Waals surface area contributed by atoms with Crippen LogP contribution in [0.2, 0.25) is 5.02 Å². The van der Waals surface area contributed by atoms with Crippen LogP contribution >= 0.6 is 11.6 Å². The summed E-state index contributed by atoms with van der Waals surface area (Å²) in [5, 5.41) is 3.95. The molecule has 0 radical (unpaired) electrons. The number of rotatable bonds is 3. The second-order valence-corrected chi connectivity index (χ2v) is 2.34. The van der Waals surface area contributed by atoms with Crippen LogP contribution in [0.15, 0.2) is 6.20 Å². The van der Waals surface area contributed by atoms with Gasteiger partial charge < -0.3 is 0 Å². The molecule has 3 nitrogen and oxygen atoms in total. The highest BCUT2D eigenvalue weighted by Gasteiger charge is 2.03. The Hall–Kier alpha value is -0.900. The Kier molecular flexibility index (Phi) is 2.59. The van der Waals surface area contributed by atoms with E-state index in [1.165, 1.54) is 10.9 Å². The lowest BCUT2D eigenvalue weighted by Crippen LogP contribution is -2.00. The van der Waals surface area contributed by atoms with Gasteiger partial charge in [0.1, 0.15) is 12.4 Å². The number of carbonyl (C=O) groups excluding carboxylic acids is 1. The Morgan fingerprint density at radius 2 is 2.55 bits per heavy atom. The molecule has 1 heterocycles. The molecule has 1 rings (SSSR count). The number of halogens is 2. The SMILES string of the molecule is O=Cc1nn(CCF)cc1Cl. The molecule has 0 fully saturated rings. The molecule has 0 aliphatic rings. The fraction of sp³-hybridized carbons (Fsp3) is 0.333. The van der Waals surface area contributed by atoms with Gasteiger partial charge in [0.15, 0.2) is 6.29 Å². The number of carbonyl (C=O) groups is 1. The van der Waals surface area contributed by atoms with Crippen molar-refractivity contribution in [3.8, 4) is 0 Å². The van der Waals surface area contributed by atoms with Crippen LogP contribution in [0.3, 0.4) is 0 Å². The van der Waals surface area contributed by atoms with Crippen LogP contribution in [0, 0.1) is 0 Å². The van der Waals surface area contributed by atoms with Crippen molar-refractivity contribution in [3.63, 3.8) is 0 Å². The predicted molar refractivity (Wildman–Crippen MR) is 38.6 cm³/mol. The average Bonchev–Trinajstić information content (AvgIpc) is 2.32. The number of nitrogens with zero attached hydrogens (tertiary/aromatic N) is 2. The average molecular weight is 177 g/mol. The maximum absolute atomic E-state index is 11.7. The van der Waals surface area contributed by atoms with Crippen LogP contribution in [-0.2, 0) is 6.54 Å². The van der Waals surface area contributed by atoms with Crippen LogP contribution < -0.4 is 0 Å². The molecule has 0 aliphatic heterocycles. The first-order valence-corrected chi connectivity index (χ1v) is 3.40. The third-order valence-electron chi connectivity index (χ3n) is 1.17. The monoisotopic (exact) mass is 176 g/mol. The van der Waals surface area contributed by atoms with Gasteiger partial charge in [-0.3, -0.25) is 9.48 Å². The van der Waals surface area contributed by atoms with Gasteiger partial charge in [0.05, 0.1) is 11.6 Å². The van der Waals surface area contributed by atoms with Crippen molar-refractivity contribution in [1.82, 2.24) is 9.78 Å². The molecule has 0 saturated carbocycles. The van der Waals surface area contributed by atoms with Crippen LogP contribution in [0.25, 0.3) is 0 Å². The van der Waals surface area contributed by atoms with Crippen LogP contribution in [0.1, 0.15) is 10.5 Å². The first-order valence-electron chi connectivity index (χ1n) is 3.02. The van der Waals surface area contributed by atoms with E-state index in [0.717, 1.165) is 0 Å². The van der Waals surface area contributed by atoms with E-state index in [0.29, 0.717) is 6.29 Å². The molecule has 1 aromatic rings. The summed E-state index contributed by atoms with van der Waals surface area (Å²) in [6.07, 6.45) is 1.96. The molecule has 0 aromatic carbocycles. The van der Waals surface area contributed by atoms with E-state index in [-0.39, 0.29) is 17.3 Å². The predicted octanol–water partition coefficient (Wildman–Crippen LogP) is 1.32.